The quantitative estimate of drug-likeness (QED) is 0.657. The Balaban J connectivity index is 1.64. The summed E-state index contributed by atoms with van der Waals surface area (Å²) in [7, 11) is 0. The molecule has 2 N–H and O–H groups in total. The summed E-state index contributed by atoms with van der Waals surface area (Å²) in [6.07, 6.45) is 2.88. The summed E-state index contributed by atoms with van der Waals surface area (Å²) in [4.78, 5) is 34.3. The molecule has 9 nitrogen and oxygen atoms in total. The number of hydrogen-bond donors (Lipinski definition) is 1. The molecule has 0 spiro atoms. The van der Waals surface area contributed by atoms with Gasteiger partial charge in [-0.1, -0.05) is 0 Å². The summed E-state index contributed by atoms with van der Waals surface area (Å²) in [5.41, 5.74) is 6.82. The standard InChI is InChI=1S/C15H16N6O3/c16-14-13(17-5-6-18-14)15(22)20-9-7-19(8-10-20)11-1-3-12(4-2-11)21(23)24/h1-6H,7-10H2,(H2,16,18). The van der Waals surface area contributed by atoms with Crippen LogP contribution >= 0.6 is 0 Å². The smallest absolute Gasteiger partial charge is 0.276 e. The number of hydrogen-bond acceptors (Lipinski definition) is 7. The number of rotatable bonds is 3. The van der Waals surface area contributed by atoms with E-state index in [9.17, 15) is 14.9 Å². The van der Waals surface area contributed by atoms with Crippen molar-refractivity contribution in [2.75, 3.05) is 36.8 Å². The molecule has 1 aromatic carbocycles. The van der Waals surface area contributed by atoms with Crippen LogP contribution in [-0.4, -0.2) is 51.9 Å². The lowest BCUT2D eigenvalue weighted by Crippen LogP contribution is -2.49. The van der Waals surface area contributed by atoms with Gasteiger partial charge in [0, 0.05) is 56.4 Å². The Labute approximate surface area is 137 Å². The zero-order valence-corrected chi connectivity index (χ0v) is 12.8. The molecular formula is C15H16N6O3. The minimum atomic E-state index is -0.425. The van der Waals surface area contributed by atoms with Gasteiger partial charge in [0.2, 0.25) is 0 Å². The number of nitrogen functional groups attached to an aromatic ring is 1. The summed E-state index contributed by atoms with van der Waals surface area (Å²) in [6, 6.07) is 6.40. The molecule has 1 saturated heterocycles. The number of benzene rings is 1. The van der Waals surface area contributed by atoms with Crippen LogP contribution in [0, 0.1) is 10.1 Å². The maximum Gasteiger partial charge on any atom is 0.276 e. The number of anilines is 2. The van der Waals surface area contributed by atoms with Crippen molar-refractivity contribution < 1.29 is 9.72 Å². The molecule has 1 fully saturated rings. The van der Waals surface area contributed by atoms with Crippen LogP contribution in [0.1, 0.15) is 10.5 Å². The largest absolute Gasteiger partial charge is 0.382 e. The predicted octanol–water partition coefficient (Wildman–Crippen LogP) is 0.929. The maximum atomic E-state index is 12.4. The molecule has 9 heteroatoms. The molecule has 0 aliphatic carbocycles. The number of amides is 1. The first-order valence-corrected chi connectivity index (χ1v) is 7.41. The van der Waals surface area contributed by atoms with Crippen LogP contribution in [0.25, 0.3) is 0 Å². The molecule has 3 rings (SSSR count). The highest BCUT2D eigenvalue weighted by Gasteiger charge is 2.25. The van der Waals surface area contributed by atoms with Crippen molar-refractivity contribution in [1.29, 1.82) is 0 Å². The van der Waals surface area contributed by atoms with Crippen molar-refractivity contribution in [1.82, 2.24) is 14.9 Å². The first-order valence-electron chi connectivity index (χ1n) is 7.41. The van der Waals surface area contributed by atoms with Gasteiger partial charge in [-0.2, -0.15) is 0 Å². The van der Waals surface area contributed by atoms with Gasteiger partial charge in [-0.25, -0.2) is 9.97 Å². The lowest BCUT2D eigenvalue weighted by molar-refractivity contribution is -0.384. The topological polar surface area (TPSA) is 118 Å². The number of aromatic nitrogens is 2. The SMILES string of the molecule is Nc1nccnc1C(=O)N1CCN(c2ccc([N+](=O)[O-])cc2)CC1. The molecule has 1 aliphatic rings. The van der Waals surface area contributed by atoms with E-state index in [0.717, 1.165) is 5.69 Å². The lowest BCUT2D eigenvalue weighted by Gasteiger charge is -2.36. The Kier molecular flexibility index (Phi) is 4.23. The number of nitrogens with two attached hydrogens (primary N) is 1. The van der Waals surface area contributed by atoms with Crippen LogP contribution in [0.2, 0.25) is 0 Å². The van der Waals surface area contributed by atoms with E-state index in [4.69, 9.17) is 5.73 Å². The fourth-order valence-corrected chi connectivity index (χ4v) is 2.62. The average molecular weight is 328 g/mol. The number of nitro groups is 1. The van der Waals surface area contributed by atoms with Crippen LogP contribution < -0.4 is 10.6 Å². The Hall–Kier alpha value is -3.23. The number of non-ortho nitro benzene ring substituents is 1. The Bertz CT molecular complexity index is 756. The van der Waals surface area contributed by atoms with E-state index in [0.29, 0.717) is 26.2 Å². The molecule has 0 bridgehead atoms. The van der Waals surface area contributed by atoms with Crippen LogP contribution in [0.4, 0.5) is 17.2 Å². The van der Waals surface area contributed by atoms with Crippen molar-refractivity contribution in [2.24, 2.45) is 0 Å². The highest BCUT2D eigenvalue weighted by molar-refractivity contribution is 5.96. The molecule has 0 radical (unpaired) electrons. The van der Waals surface area contributed by atoms with E-state index in [1.54, 1.807) is 17.0 Å². The Morgan fingerprint density at radius 3 is 2.29 bits per heavy atom. The van der Waals surface area contributed by atoms with Crippen molar-refractivity contribution in [3.05, 3.63) is 52.5 Å². The van der Waals surface area contributed by atoms with Gasteiger partial charge >= 0.3 is 0 Å². The van der Waals surface area contributed by atoms with Gasteiger partial charge in [-0.15, -0.1) is 0 Å². The van der Waals surface area contributed by atoms with Crippen molar-refractivity contribution in [3.63, 3.8) is 0 Å². The molecule has 0 atom stereocenters. The number of carbonyl (C=O) groups excluding carboxylic acids is 1. The first kappa shape index (κ1) is 15.7. The van der Waals surface area contributed by atoms with E-state index in [2.05, 4.69) is 14.9 Å². The predicted molar refractivity (Wildman–Crippen MR) is 87.7 cm³/mol. The summed E-state index contributed by atoms with van der Waals surface area (Å²) in [5, 5.41) is 10.7. The molecule has 1 amide bonds. The second-order valence-corrected chi connectivity index (χ2v) is 5.34. The summed E-state index contributed by atoms with van der Waals surface area (Å²) in [6.45, 7) is 2.30. The fraction of sp³-hybridized carbons (Fsp3) is 0.267. The van der Waals surface area contributed by atoms with E-state index in [-0.39, 0.29) is 23.1 Å². The molecule has 0 saturated carbocycles. The van der Waals surface area contributed by atoms with Crippen molar-refractivity contribution >= 4 is 23.1 Å². The zero-order chi connectivity index (χ0) is 17.1. The molecular weight excluding hydrogens is 312 g/mol. The minimum absolute atomic E-state index is 0.0608. The fourth-order valence-electron chi connectivity index (χ4n) is 2.62. The van der Waals surface area contributed by atoms with Crippen LogP contribution in [0.5, 0.6) is 0 Å². The van der Waals surface area contributed by atoms with E-state index in [1.807, 2.05) is 0 Å². The molecule has 2 heterocycles. The minimum Gasteiger partial charge on any atom is -0.382 e. The Morgan fingerprint density at radius 2 is 1.71 bits per heavy atom. The monoisotopic (exact) mass is 328 g/mol. The first-order chi connectivity index (χ1) is 11.6. The number of piperazine rings is 1. The molecule has 24 heavy (non-hydrogen) atoms. The summed E-state index contributed by atoms with van der Waals surface area (Å²) < 4.78 is 0. The third-order valence-corrected chi connectivity index (χ3v) is 3.92. The van der Waals surface area contributed by atoms with Gasteiger partial charge in [0.05, 0.1) is 4.92 Å². The van der Waals surface area contributed by atoms with Gasteiger partial charge in [0.1, 0.15) is 0 Å². The normalized spacial score (nSPS) is 14.5. The van der Waals surface area contributed by atoms with Gasteiger partial charge in [-0.3, -0.25) is 14.9 Å². The second kappa shape index (κ2) is 6.49. The molecule has 1 aliphatic heterocycles. The van der Waals surface area contributed by atoms with E-state index >= 15 is 0 Å². The molecule has 124 valence electrons. The third-order valence-electron chi connectivity index (χ3n) is 3.92. The highest BCUT2D eigenvalue weighted by Crippen LogP contribution is 2.21. The second-order valence-electron chi connectivity index (χ2n) is 5.34. The summed E-state index contributed by atoms with van der Waals surface area (Å²) in [5.74, 6) is -0.107. The van der Waals surface area contributed by atoms with Crippen LogP contribution in [0.3, 0.4) is 0 Å². The number of nitro benzene ring substituents is 1. The molecule has 2 aromatic rings. The van der Waals surface area contributed by atoms with Gasteiger partial charge in [0.15, 0.2) is 11.5 Å². The maximum absolute atomic E-state index is 12.4. The van der Waals surface area contributed by atoms with Gasteiger partial charge in [-0.05, 0) is 12.1 Å². The van der Waals surface area contributed by atoms with Crippen molar-refractivity contribution in [3.8, 4) is 0 Å². The van der Waals surface area contributed by atoms with Crippen LogP contribution in [-0.2, 0) is 0 Å². The van der Waals surface area contributed by atoms with Gasteiger partial charge < -0.3 is 15.5 Å². The third kappa shape index (κ3) is 3.09. The van der Waals surface area contributed by atoms with Gasteiger partial charge in [0.25, 0.3) is 11.6 Å². The van der Waals surface area contributed by atoms with Crippen LogP contribution in [0.15, 0.2) is 36.7 Å². The van der Waals surface area contributed by atoms with E-state index < -0.39 is 4.92 Å². The molecule has 0 unspecified atom stereocenters. The Morgan fingerprint density at radius 1 is 1.08 bits per heavy atom. The number of carbonyl (C=O) groups is 1. The summed E-state index contributed by atoms with van der Waals surface area (Å²) >= 11 is 0. The van der Waals surface area contributed by atoms with E-state index in [1.165, 1.54) is 24.5 Å². The van der Waals surface area contributed by atoms with Crippen molar-refractivity contribution in [2.45, 2.75) is 0 Å². The highest BCUT2D eigenvalue weighted by atomic mass is 16.6. The average Bonchev–Trinajstić information content (AvgIpc) is 2.62. The lowest BCUT2D eigenvalue weighted by atomic mass is 10.2. The molecule has 1 aromatic heterocycles. The number of nitrogens with zero attached hydrogens (tertiary/aromatic N) is 5. The zero-order valence-electron chi connectivity index (χ0n) is 12.8.